The highest BCUT2D eigenvalue weighted by atomic mass is 79.9. The molecule has 1 aromatic carbocycles. The fraction of sp³-hybridized carbons (Fsp3) is 0.368. The molecule has 0 radical (unpaired) electrons. The maximum atomic E-state index is 11.5. The molecule has 3 N–H and O–H groups in total. The first-order valence-electron chi connectivity index (χ1n) is 8.22. The monoisotopic (exact) mass is 412 g/mol. The number of hydrogen-bond donors (Lipinski definition) is 3. The van der Waals surface area contributed by atoms with Crippen molar-refractivity contribution >= 4 is 33.5 Å². The minimum atomic E-state index is -1.09. The van der Waals surface area contributed by atoms with Crippen molar-refractivity contribution in [1.29, 1.82) is 0 Å². The van der Waals surface area contributed by atoms with Crippen molar-refractivity contribution in [2.75, 3.05) is 18.9 Å². The summed E-state index contributed by atoms with van der Waals surface area (Å²) in [7, 11) is 1.76. The van der Waals surface area contributed by atoms with Crippen LogP contribution in [0.1, 0.15) is 44.0 Å². The Kier molecular flexibility index (Phi) is 17.1. The molecule has 1 aromatic rings. The number of carboxylic acid groups (broad SMARTS) is 1. The Morgan fingerprint density at radius 2 is 1.96 bits per heavy atom. The predicted octanol–water partition coefficient (Wildman–Crippen LogP) is 4.86. The molecule has 0 saturated carbocycles. The van der Waals surface area contributed by atoms with E-state index in [1.54, 1.807) is 19.2 Å². The van der Waals surface area contributed by atoms with E-state index in [0.717, 1.165) is 6.42 Å². The van der Waals surface area contributed by atoms with E-state index < -0.39 is 5.97 Å². The smallest absolute Gasteiger partial charge is 0.337 e. The Balaban J connectivity index is 0. The van der Waals surface area contributed by atoms with Crippen molar-refractivity contribution in [3.8, 4) is 0 Å². The van der Waals surface area contributed by atoms with E-state index in [9.17, 15) is 9.59 Å². The molecule has 0 bridgehead atoms. The van der Waals surface area contributed by atoms with E-state index in [4.69, 9.17) is 5.11 Å². The van der Waals surface area contributed by atoms with Gasteiger partial charge in [0.15, 0.2) is 0 Å². The molecule has 140 valence electrons. The molecule has 1 rings (SSSR count). The largest absolute Gasteiger partial charge is 0.478 e. The minimum absolute atomic E-state index is 0.0414. The lowest BCUT2D eigenvalue weighted by Gasteiger charge is -2.06. The van der Waals surface area contributed by atoms with Gasteiger partial charge in [0, 0.05) is 17.1 Å². The van der Waals surface area contributed by atoms with E-state index in [2.05, 4.69) is 40.1 Å². The van der Waals surface area contributed by atoms with Gasteiger partial charge >= 0.3 is 5.97 Å². The van der Waals surface area contributed by atoms with Gasteiger partial charge < -0.3 is 15.7 Å². The Hall–Kier alpha value is -1.92. The number of carbonyl (C=O) groups excluding carboxylic acids is 1. The van der Waals surface area contributed by atoms with Crippen molar-refractivity contribution in [2.45, 2.75) is 33.6 Å². The van der Waals surface area contributed by atoms with Crippen molar-refractivity contribution in [3.63, 3.8) is 0 Å². The van der Waals surface area contributed by atoms with Gasteiger partial charge in [-0.15, -0.1) is 6.58 Å². The first-order valence-corrected chi connectivity index (χ1v) is 9.01. The number of allylic oxidation sites excluding steroid dienone is 1. The number of benzene rings is 1. The molecule has 0 aromatic heterocycles. The standard InChI is InChI=1S/C12H13BrN2O3.C5H10.C2H6/c1-14-6-2-3-11(16)15-10-5-4-8(13)7-9(10)12(17)18;1-3-5-4-2;1-2/h2-5,7,14H,6H2,1H3,(H,15,16)(H,17,18);3H,1,4-5H2,2H3;1-2H3/b3-2+;;. The third kappa shape index (κ3) is 13.1. The van der Waals surface area contributed by atoms with E-state index in [1.165, 1.54) is 24.6 Å². The molecule has 5 nitrogen and oxygen atoms in total. The van der Waals surface area contributed by atoms with Crippen LogP contribution in [0.2, 0.25) is 0 Å². The summed E-state index contributed by atoms with van der Waals surface area (Å²) < 4.78 is 0.642. The predicted molar refractivity (Wildman–Crippen MR) is 109 cm³/mol. The number of hydrogen-bond acceptors (Lipinski definition) is 3. The van der Waals surface area contributed by atoms with Crippen LogP contribution in [0.15, 0.2) is 47.5 Å². The molecule has 0 aliphatic heterocycles. The van der Waals surface area contributed by atoms with Crippen molar-refractivity contribution in [1.82, 2.24) is 5.32 Å². The molecule has 0 heterocycles. The maximum Gasteiger partial charge on any atom is 0.337 e. The van der Waals surface area contributed by atoms with Gasteiger partial charge in [-0.2, -0.15) is 0 Å². The number of anilines is 1. The summed E-state index contributed by atoms with van der Waals surface area (Å²) in [6, 6.07) is 4.64. The van der Waals surface area contributed by atoms with Crippen LogP contribution in [-0.2, 0) is 4.79 Å². The van der Waals surface area contributed by atoms with E-state index >= 15 is 0 Å². The molecule has 0 spiro atoms. The van der Waals surface area contributed by atoms with Gasteiger partial charge in [-0.05, 0) is 31.7 Å². The van der Waals surface area contributed by atoms with Crippen LogP contribution in [0.5, 0.6) is 0 Å². The second-order valence-corrected chi connectivity index (χ2v) is 5.44. The Bertz CT molecular complexity index is 558. The number of carbonyl (C=O) groups is 2. The lowest BCUT2D eigenvalue weighted by Crippen LogP contribution is -2.13. The zero-order valence-corrected chi connectivity index (χ0v) is 17.0. The van der Waals surface area contributed by atoms with Crippen LogP contribution < -0.4 is 10.6 Å². The lowest BCUT2D eigenvalue weighted by molar-refractivity contribution is -0.111. The number of amides is 1. The van der Waals surface area contributed by atoms with Crippen LogP contribution in [0, 0.1) is 0 Å². The lowest BCUT2D eigenvalue weighted by atomic mass is 10.2. The molecule has 0 atom stereocenters. The van der Waals surface area contributed by atoms with Gasteiger partial charge in [0.2, 0.25) is 5.91 Å². The molecule has 0 saturated heterocycles. The molecule has 25 heavy (non-hydrogen) atoms. The van der Waals surface area contributed by atoms with Crippen molar-refractivity contribution in [2.24, 2.45) is 0 Å². The number of unbranched alkanes of at least 4 members (excludes halogenated alkanes) is 1. The van der Waals surface area contributed by atoms with Crippen LogP contribution in [0.4, 0.5) is 5.69 Å². The average molecular weight is 413 g/mol. The first-order chi connectivity index (χ1) is 12.0. The van der Waals surface area contributed by atoms with E-state index in [-0.39, 0.29) is 17.2 Å². The molecule has 1 amide bonds. The highest BCUT2D eigenvalue weighted by Gasteiger charge is 2.11. The summed E-state index contributed by atoms with van der Waals surface area (Å²) in [5.74, 6) is -1.46. The van der Waals surface area contributed by atoms with Gasteiger partial charge in [0.05, 0.1) is 11.3 Å². The fourth-order valence-corrected chi connectivity index (χ4v) is 1.83. The fourth-order valence-electron chi connectivity index (χ4n) is 1.46. The molecule has 0 unspecified atom stereocenters. The number of nitrogens with one attached hydrogen (secondary N) is 2. The maximum absolute atomic E-state index is 11.5. The van der Waals surface area contributed by atoms with Gasteiger partial charge in [-0.3, -0.25) is 4.79 Å². The molecule has 0 fully saturated rings. The third-order valence-corrected chi connectivity index (χ3v) is 3.05. The van der Waals surface area contributed by atoms with Gasteiger partial charge in [0.1, 0.15) is 0 Å². The zero-order chi connectivity index (χ0) is 19.7. The molecular formula is C19H29BrN2O3. The number of halogens is 1. The van der Waals surface area contributed by atoms with E-state index in [0.29, 0.717) is 11.0 Å². The molecule has 0 aliphatic rings. The average Bonchev–Trinajstić information content (AvgIpc) is 2.59. The SMILES string of the molecule is C=CCCC.CC.CNC/C=C/C(=O)Nc1ccc(Br)cc1C(=O)O. The number of rotatable bonds is 7. The quantitative estimate of drug-likeness (QED) is 0.441. The Morgan fingerprint density at radius 3 is 2.40 bits per heavy atom. The first kappa shape index (κ1) is 25.3. The minimum Gasteiger partial charge on any atom is -0.478 e. The van der Waals surface area contributed by atoms with E-state index in [1.807, 2.05) is 19.9 Å². The molecular weight excluding hydrogens is 384 g/mol. The van der Waals surface area contributed by atoms with Gasteiger partial charge in [-0.1, -0.05) is 55.3 Å². The Labute approximate surface area is 159 Å². The summed E-state index contributed by atoms with van der Waals surface area (Å²) >= 11 is 3.18. The summed E-state index contributed by atoms with van der Waals surface area (Å²) in [6.45, 7) is 10.3. The third-order valence-electron chi connectivity index (χ3n) is 2.55. The highest BCUT2D eigenvalue weighted by Crippen LogP contribution is 2.21. The topological polar surface area (TPSA) is 78.4 Å². The van der Waals surface area contributed by atoms with Crippen LogP contribution in [0.3, 0.4) is 0 Å². The summed E-state index contributed by atoms with van der Waals surface area (Å²) in [5.41, 5.74) is 0.310. The van der Waals surface area contributed by atoms with Gasteiger partial charge in [-0.25, -0.2) is 4.79 Å². The molecule has 0 aliphatic carbocycles. The number of carboxylic acids is 1. The Morgan fingerprint density at radius 1 is 1.32 bits per heavy atom. The van der Waals surface area contributed by atoms with Gasteiger partial charge in [0.25, 0.3) is 0 Å². The van der Waals surface area contributed by atoms with Crippen molar-refractivity contribution in [3.05, 3.63) is 53.0 Å². The highest BCUT2D eigenvalue weighted by molar-refractivity contribution is 9.10. The summed E-state index contributed by atoms with van der Waals surface area (Å²) in [5, 5.41) is 14.4. The van der Waals surface area contributed by atoms with Crippen LogP contribution in [-0.4, -0.2) is 30.6 Å². The normalized spacial score (nSPS) is 9.32. The zero-order valence-electron chi connectivity index (χ0n) is 15.4. The molecule has 6 heteroatoms. The summed E-state index contributed by atoms with van der Waals surface area (Å²) in [4.78, 5) is 22.5. The second-order valence-electron chi connectivity index (χ2n) is 4.52. The van der Waals surface area contributed by atoms with Crippen LogP contribution >= 0.6 is 15.9 Å². The summed E-state index contributed by atoms with van der Waals surface area (Å²) in [6.07, 6.45) is 7.31. The number of aromatic carboxylic acids is 1. The number of likely N-dealkylation sites (N-methyl/N-ethyl adjacent to an activating group) is 1. The second kappa shape index (κ2) is 16.9. The van der Waals surface area contributed by atoms with Crippen molar-refractivity contribution < 1.29 is 14.7 Å². The van der Waals surface area contributed by atoms with Crippen LogP contribution in [0.25, 0.3) is 0 Å².